The number of aryl methyl sites for hydroxylation is 2. The number of benzene rings is 1. The van der Waals surface area contributed by atoms with Gasteiger partial charge in [-0.3, -0.25) is 0 Å². The van der Waals surface area contributed by atoms with Gasteiger partial charge in [0, 0.05) is 32.0 Å². The average molecular weight is 425 g/mol. The van der Waals surface area contributed by atoms with Gasteiger partial charge in [0.15, 0.2) is 0 Å². The largest absolute Gasteiger partial charge is 0.444 e. The van der Waals surface area contributed by atoms with Gasteiger partial charge >= 0.3 is 6.09 Å². The Bertz CT molecular complexity index is 1040. The van der Waals surface area contributed by atoms with Gasteiger partial charge in [0.25, 0.3) is 0 Å². The number of carbonyl (C=O) groups is 1. The van der Waals surface area contributed by atoms with E-state index in [1.54, 1.807) is 13.4 Å². The van der Waals surface area contributed by atoms with E-state index in [0.717, 1.165) is 53.8 Å². The smallest absolute Gasteiger partial charge is 0.407 e. The molecule has 3 rings (SSSR count). The monoisotopic (exact) mass is 424 g/mol. The van der Waals surface area contributed by atoms with Crippen LogP contribution < -0.4 is 5.32 Å². The predicted octanol–water partition coefficient (Wildman–Crippen LogP) is 4.70. The summed E-state index contributed by atoms with van der Waals surface area (Å²) in [6, 6.07) is 8.32. The SMILES string of the molecule is COCCCCc1cc2c(-c3ccc(CNC(=O)OC(C)(C)C)c(C)c3)ncnn2c1. The zero-order valence-electron chi connectivity index (χ0n) is 19.1. The summed E-state index contributed by atoms with van der Waals surface area (Å²) in [4.78, 5) is 16.5. The van der Waals surface area contributed by atoms with E-state index in [-0.39, 0.29) is 0 Å². The lowest BCUT2D eigenvalue weighted by molar-refractivity contribution is 0.0523. The second kappa shape index (κ2) is 9.92. The van der Waals surface area contributed by atoms with Crippen LogP contribution in [0.1, 0.15) is 50.3 Å². The van der Waals surface area contributed by atoms with Crippen LogP contribution in [0, 0.1) is 6.92 Å². The number of nitrogens with zero attached hydrogens (tertiary/aromatic N) is 3. The minimum absolute atomic E-state index is 0.414. The van der Waals surface area contributed by atoms with E-state index in [1.165, 1.54) is 5.56 Å². The number of hydrogen-bond donors (Lipinski definition) is 1. The van der Waals surface area contributed by atoms with Crippen molar-refractivity contribution in [2.75, 3.05) is 13.7 Å². The van der Waals surface area contributed by atoms with Gasteiger partial charge in [-0.2, -0.15) is 5.10 Å². The highest BCUT2D eigenvalue weighted by molar-refractivity contribution is 5.77. The normalized spacial score (nSPS) is 11.6. The van der Waals surface area contributed by atoms with Crippen LogP contribution in [0.3, 0.4) is 0 Å². The first-order valence-electron chi connectivity index (χ1n) is 10.6. The summed E-state index contributed by atoms with van der Waals surface area (Å²) in [7, 11) is 1.73. The topological polar surface area (TPSA) is 77.8 Å². The molecule has 31 heavy (non-hydrogen) atoms. The molecule has 0 saturated carbocycles. The van der Waals surface area contributed by atoms with Crippen LogP contribution in [-0.4, -0.2) is 40.0 Å². The first kappa shape index (κ1) is 22.7. The molecule has 0 fully saturated rings. The van der Waals surface area contributed by atoms with Gasteiger partial charge in [-0.1, -0.05) is 12.1 Å². The van der Waals surface area contributed by atoms with Crippen molar-refractivity contribution in [3.63, 3.8) is 0 Å². The minimum atomic E-state index is -0.513. The number of carbonyl (C=O) groups excluding carboxylic acids is 1. The molecule has 0 aliphatic heterocycles. The third-order valence-electron chi connectivity index (χ3n) is 4.96. The summed E-state index contributed by atoms with van der Waals surface area (Å²) in [6.45, 7) is 8.78. The van der Waals surface area contributed by atoms with Crippen LogP contribution >= 0.6 is 0 Å². The molecule has 2 aromatic heterocycles. The Morgan fingerprint density at radius 1 is 1.19 bits per heavy atom. The molecule has 1 amide bonds. The molecule has 1 N–H and O–H groups in total. The maximum absolute atomic E-state index is 11.9. The Balaban J connectivity index is 1.74. The highest BCUT2D eigenvalue weighted by Crippen LogP contribution is 2.26. The molecule has 0 spiro atoms. The van der Waals surface area contributed by atoms with E-state index >= 15 is 0 Å². The van der Waals surface area contributed by atoms with E-state index in [0.29, 0.717) is 6.54 Å². The van der Waals surface area contributed by atoms with E-state index in [4.69, 9.17) is 9.47 Å². The number of methoxy groups -OCH3 is 1. The molecule has 0 atom stereocenters. The molecule has 0 bridgehead atoms. The lowest BCUT2D eigenvalue weighted by Gasteiger charge is -2.20. The van der Waals surface area contributed by atoms with Crippen LogP contribution in [0.2, 0.25) is 0 Å². The van der Waals surface area contributed by atoms with Gasteiger partial charge in [-0.25, -0.2) is 14.3 Å². The molecule has 3 aromatic rings. The fourth-order valence-corrected chi connectivity index (χ4v) is 3.44. The van der Waals surface area contributed by atoms with Crippen LogP contribution in [-0.2, 0) is 22.4 Å². The number of alkyl carbamates (subject to hydrolysis) is 1. The lowest BCUT2D eigenvalue weighted by Crippen LogP contribution is -2.32. The van der Waals surface area contributed by atoms with Crippen molar-refractivity contribution in [2.24, 2.45) is 0 Å². The fourth-order valence-electron chi connectivity index (χ4n) is 3.44. The van der Waals surface area contributed by atoms with Crippen LogP contribution in [0.25, 0.3) is 16.8 Å². The van der Waals surface area contributed by atoms with Crippen molar-refractivity contribution in [3.05, 3.63) is 53.5 Å². The molecular formula is C24H32N4O3. The van der Waals surface area contributed by atoms with Gasteiger partial charge in [-0.15, -0.1) is 0 Å². The number of amides is 1. The van der Waals surface area contributed by atoms with Crippen molar-refractivity contribution in [1.82, 2.24) is 19.9 Å². The maximum atomic E-state index is 11.9. The molecule has 7 heteroatoms. The second-order valence-electron chi connectivity index (χ2n) is 8.73. The highest BCUT2D eigenvalue weighted by atomic mass is 16.6. The van der Waals surface area contributed by atoms with Gasteiger partial charge in [-0.05, 0) is 75.8 Å². The molecule has 0 aliphatic rings. The molecule has 1 aromatic carbocycles. The standard InChI is InChI=1S/C24H32N4O3/c1-17-12-19(9-10-20(17)14-25-23(29)31-24(2,3)4)22-21-13-18(8-6-7-11-30-5)15-28(21)27-16-26-22/h9-10,12-13,15-16H,6-8,11,14H2,1-5H3,(H,25,29). The van der Waals surface area contributed by atoms with Crippen molar-refractivity contribution in [1.29, 1.82) is 0 Å². The zero-order chi connectivity index (χ0) is 22.4. The first-order chi connectivity index (χ1) is 14.8. The molecule has 2 heterocycles. The van der Waals surface area contributed by atoms with Crippen molar-refractivity contribution in [2.45, 2.75) is 59.1 Å². The zero-order valence-corrected chi connectivity index (χ0v) is 19.1. The Morgan fingerprint density at radius 2 is 2.00 bits per heavy atom. The van der Waals surface area contributed by atoms with Gasteiger partial charge in [0.2, 0.25) is 0 Å². The number of ether oxygens (including phenoxy) is 2. The Labute approximate surface area is 183 Å². The van der Waals surface area contributed by atoms with Crippen molar-refractivity contribution < 1.29 is 14.3 Å². The summed E-state index contributed by atoms with van der Waals surface area (Å²) in [5.41, 5.74) is 5.76. The van der Waals surface area contributed by atoms with E-state index in [1.807, 2.05) is 44.3 Å². The molecule has 0 saturated heterocycles. The van der Waals surface area contributed by atoms with Crippen molar-refractivity contribution in [3.8, 4) is 11.3 Å². The summed E-state index contributed by atoms with van der Waals surface area (Å²) in [6.07, 6.45) is 6.34. The van der Waals surface area contributed by atoms with Crippen LogP contribution in [0.15, 0.2) is 36.8 Å². The van der Waals surface area contributed by atoms with Gasteiger partial charge < -0.3 is 14.8 Å². The first-order valence-corrected chi connectivity index (χ1v) is 10.6. The minimum Gasteiger partial charge on any atom is -0.444 e. The number of rotatable bonds is 8. The molecule has 7 nitrogen and oxygen atoms in total. The van der Waals surface area contributed by atoms with E-state index in [2.05, 4.69) is 33.7 Å². The quantitative estimate of drug-likeness (QED) is 0.531. The summed E-state index contributed by atoms with van der Waals surface area (Å²) < 4.78 is 12.3. The van der Waals surface area contributed by atoms with Gasteiger partial charge in [0.1, 0.15) is 11.9 Å². The average Bonchev–Trinajstić information content (AvgIpc) is 3.12. The van der Waals surface area contributed by atoms with Crippen molar-refractivity contribution >= 4 is 11.6 Å². The third kappa shape index (κ3) is 6.28. The van der Waals surface area contributed by atoms with E-state index < -0.39 is 11.7 Å². The molecule has 166 valence electrons. The Morgan fingerprint density at radius 3 is 2.71 bits per heavy atom. The summed E-state index contributed by atoms with van der Waals surface area (Å²) >= 11 is 0. The summed E-state index contributed by atoms with van der Waals surface area (Å²) in [5, 5.41) is 7.19. The molecule has 0 unspecified atom stereocenters. The van der Waals surface area contributed by atoms with Crippen LogP contribution in [0.5, 0.6) is 0 Å². The maximum Gasteiger partial charge on any atom is 0.407 e. The predicted molar refractivity (Wildman–Crippen MR) is 121 cm³/mol. The second-order valence-corrected chi connectivity index (χ2v) is 8.73. The number of unbranched alkanes of at least 4 members (excludes halogenated alkanes) is 1. The van der Waals surface area contributed by atoms with Gasteiger partial charge in [0.05, 0.1) is 11.2 Å². The molecular weight excluding hydrogens is 392 g/mol. The fraction of sp³-hybridized carbons (Fsp3) is 0.458. The molecule has 0 radical (unpaired) electrons. The highest BCUT2D eigenvalue weighted by Gasteiger charge is 2.16. The Kier molecular flexibility index (Phi) is 7.28. The third-order valence-corrected chi connectivity index (χ3v) is 4.96. The number of hydrogen-bond acceptors (Lipinski definition) is 5. The number of fused-ring (bicyclic) bond motifs is 1. The summed E-state index contributed by atoms with van der Waals surface area (Å²) in [5.74, 6) is 0. The number of aromatic nitrogens is 3. The van der Waals surface area contributed by atoms with E-state index in [9.17, 15) is 4.79 Å². The number of nitrogens with one attached hydrogen (secondary N) is 1. The molecule has 0 aliphatic carbocycles. The van der Waals surface area contributed by atoms with Crippen LogP contribution in [0.4, 0.5) is 4.79 Å². The Hall–Kier alpha value is -2.93. The lowest BCUT2D eigenvalue weighted by atomic mass is 10.0.